The first-order valence-corrected chi connectivity index (χ1v) is 13.4. The Labute approximate surface area is 212 Å². The number of fused-ring (bicyclic) bond motifs is 1. The molecule has 3 rings (SSSR count). The number of carbonyl (C=O) groups excluding carboxylic acids is 1. The first kappa shape index (κ1) is 28.2. The van der Waals surface area contributed by atoms with Crippen molar-refractivity contribution in [1.29, 1.82) is 0 Å². The lowest BCUT2D eigenvalue weighted by molar-refractivity contribution is 0.0983. The van der Waals surface area contributed by atoms with Crippen molar-refractivity contribution in [2.24, 2.45) is 0 Å². The second kappa shape index (κ2) is 12.1. The highest BCUT2D eigenvalue weighted by Gasteiger charge is 2.23. The molecule has 186 valence electrons. The van der Waals surface area contributed by atoms with Crippen molar-refractivity contribution >= 4 is 55.0 Å². The monoisotopic (exact) mass is 524 g/mol. The number of likely N-dealkylation sites (N-methyl/N-ethyl adjacent to an activating group) is 1. The van der Waals surface area contributed by atoms with E-state index >= 15 is 0 Å². The molecule has 1 amide bonds. The van der Waals surface area contributed by atoms with E-state index in [1.165, 1.54) is 43.1 Å². The van der Waals surface area contributed by atoms with Gasteiger partial charge in [-0.2, -0.15) is 0 Å². The van der Waals surface area contributed by atoms with Gasteiger partial charge in [-0.25, -0.2) is 17.7 Å². The average molecular weight is 525 g/mol. The lowest BCUT2D eigenvalue weighted by Gasteiger charge is -2.24. The molecule has 10 heteroatoms. The van der Waals surface area contributed by atoms with Crippen molar-refractivity contribution in [3.63, 3.8) is 0 Å². The first-order chi connectivity index (χ1) is 15.7. The SMILES string of the molecule is CCc1ccc2nc(N(CCN(CC)CC)C(=O)c3ccc(S(=O)(=O)N(C)C)cc3)sc2c1.Cl. The standard InChI is InChI=1S/C24H32N4O3S2.ClH/c1-6-18-9-14-21-22(17-18)32-24(25-21)28(16-15-27(7-2)8-3)23(29)19-10-12-20(13-11-19)33(30,31)26(4)5;/h9-14,17H,6-8,15-16H2,1-5H3;1H. The van der Waals surface area contributed by atoms with Crippen molar-refractivity contribution in [3.8, 4) is 0 Å². The lowest BCUT2D eigenvalue weighted by atomic mass is 10.2. The summed E-state index contributed by atoms with van der Waals surface area (Å²) >= 11 is 1.51. The number of benzene rings is 2. The molecule has 0 aliphatic carbocycles. The summed E-state index contributed by atoms with van der Waals surface area (Å²) in [5.74, 6) is -0.189. The fourth-order valence-electron chi connectivity index (χ4n) is 3.49. The summed E-state index contributed by atoms with van der Waals surface area (Å²) in [6.45, 7) is 9.33. The summed E-state index contributed by atoms with van der Waals surface area (Å²) in [6.07, 6.45) is 0.940. The van der Waals surface area contributed by atoms with Crippen LogP contribution in [0, 0.1) is 0 Å². The fraction of sp³-hybridized carbons (Fsp3) is 0.417. The largest absolute Gasteiger partial charge is 0.302 e. The highest BCUT2D eigenvalue weighted by atomic mass is 35.5. The van der Waals surface area contributed by atoms with Crippen LogP contribution in [0.5, 0.6) is 0 Å². The molecule has 0 spiro atoms. The molecule has 0 N–H and O–H groups in total. The van der Waals surface area contributed by atoms with Crippen LogP contribution in [0.1, 0.15) is 36.7 Å². The molecule has 1 aromatic heterocycles. The van der Waals surface area contributed by atoms with Gasteiger partial charge in [0.1, 0.15) is 0 Å². The van der Waals surface area contributed by atoms with E-state index in [2.05, 4.69) is 37.8 Å². The summed E-state index contributed by atoms with van der Waals surface area (Å²) in [5.41, 5.74) is 2.54. The van der Waals surface area contributed by atoms with Gasteiger partial charge in [-0.05, 0) is 61.5 Å². The minimum Gasteiger partial charge on any atom is -0.302 e. The molecule has 0 aliphatic heterocycles. The number of thiazole rings is 1. The van der Waals surface area contributed by atoms with Gasteiger partial charge in [-0.3, -0.25) is 9.69 Å². The predicted molar refractivity (Wildman–Crippen MR) is 143 cm³/mol. The van der Waals surface area contributed by atoms with Crippen LogP contribution in [0.3, 0.4) is 0 Å². The molecule has 0 bridgehead atoms. The lowest BCUT2D eigenvalue weighted by Crippen LogP contribution is -2.38. The van der Waals surface area contributed by atoms with Gasteiger partial charge in [0, 0.05) is 32.7 Å². The van der Waals surface area contributed by atoms with Crippen molar-refractivity contribution in [2.75, 3.05) is 45.2 Å². The van der Waals surface area contributed by atoms with E-state index in [0.717, 1.165) is 40.6 Å². The van der Waals surface area contributed by atoms with E-state index < -0.39 is 10.0 Å². The maximum atomic E-state index is 13.5. The van der Waals surface area contributed by atoms with Crippen LogP contribution in [0.25, 0.3) is 10.2 Å². The minimum atomic E-state index is -3.55. The Hall–Kier alpha value is -2.04. The summed E-state index contributed by atoms with van der Waals surface area (Å²) < 4.78 is 27.0. The minimum absolute atomic E-state index is 0. The van der Waals surface area contributed by atoms with Crippen molar-refractivity contribution < 1.29 is 13.2 Å². The molecular formula is C24H33ClN4O3S2. The smallest absolute Gasteiger partial charge is 0.260 e. The summed E-state index contributed by atoms with van der Waals surface area (Å²) in [4.78, 5) is 22.4. The number of rotatable bonds is 10. The van der Waals surface area contributed by atoms with Crippen LogP contribution < -0.4 is 4.90 Å². The molecule has 0 radical (unpaired) electrons. The third-order valence-electron chi connectivity index (χ3n) is 5.74. The van der Waals surface area contributed by atoms with Gasteiger partial charge in [0.25, 0.3) is 5.91 Å². The van der Waals surface area contributed by atoms with Crippen LogP contribution in [0.15, 0.2) is 47.4 Å². The molecule has 7 nitrogen and oxygen atoms in total. The maximum absolute atomic E-state index is 13.5. The molecule has 34 heavy (non-hydrogen) atoms. The summed E-state index contributed by atoms with van der Waals surface area (Å²) in [7, 11) is -0.579. The normalized spacial score (nSPS) is 11.7. The number of amides is 1. The van der Waals surface area contributed by atoms with E-state index in [9.17, 15) is 13.2 Å². The molecule has 0 aliphatic rings. The second-order valence-electron chi connectivity index (χ2n) is 7.95. The Balaban J connectivity index is 0.00000408. The van der Waals surface area contributed by atoms with Gasteiger partial charge in [-0.15, -0.1) is 12.4 Å². The number of aryl methyl sites for hydroxylation is 1. The zero-order valence-corrected chi connectivity index (χ0v) is 22.8. The van der Waals surface area contributed by atoms with Crippen LogP contribution in [-0.4, -0.2) is 68.8 Å². The van der Waals surface area contributed by atoms with Crippen molar-refractivity contribution in [3.05, 3.63) is 53.6 Å². The van der Waals surface area contributed by atoms with E-state index in [-0.39, 0.29) is 23.2 Å². The number of hydrogen-bond acceptors (Lipinski definition) is 6. The van der Waals surface area contributed by atoms with E-state index in [1.807, 2.05) is 6.07 Å². The van der Waals surface area contributed by atoms with Crippen LogP contribution in [-0.2, 0) is 16.4 Å². The zero-order chi connectivity index (χ0) is 24.2. The van der Waals surface area contributed by atoms with E-state index in [1.54, 1.807) is 17.0 Å². The average Bonchev–Trinajstić information content (AvgIpc) is 3.24. The second-order valence-corrected chi connectivity index (χ2v) is 11.1. The highest BCUT2D eigenvalue weighted by molar-refractivity contribution is 7.89. The van der Waals surface area contributed by atoms with Crippen LogP contribution in [0.2, 0.25) is 0 Å². The third-order valence-corrected chi connectivity index (χ3v) is 8.61. The van der Waals surface area contributed by atoms with Crippen molar-refractivity contribution in [2.45, 2.75) is 32.1 Å². The molecule has 0 fully saturated rings. The van der Waals surface area contributed by atoms with E-state index in [0.29, 0.717) is 17.2 Å². The topological polar surface area (TPSA) is 73.8 Å². The Morgan fingerprint density at radius 3 is 2.18 bits per heavy atom. The Kier molecular flexibility index (Phi) is 10.0. The van der Waals surface area contributed by atoms with Gasteiger partial charge in [0.05, 0.1) is 15.1 Å². The highest BCUT2D eigenvalue weighted by Crippen LogP contribution is 2.31. The van der Waals surface area contributed by atoms with E-state index in [4.69, 9.17) is 4.98 Å². The molecule has 1 heterocycles. The number of sulfonamides is 1. The molecular weight excluding hydrogens is 492 g/mol. The number of halogens is 1. The van der Waals surface area contributed by atoms with Gasteiger partial charge in [0.15, 0.2) is 5.13 Å². The van der Waals surface area contributed by atoms with Crippen LogP contribution in [0.4, 0.5) is 5.13 Å². The maximum Gasteiger partial charge on any atom is 0.260 e. The summed E-state index contributed by atoms with van der Waals surface area (Å²) in [6, 6.07) is 12.3. The Morgan fingerprint density at radius 1 is 0.971 bits per heavy atom. The van der Waals surface area contributed by atoms with Crippen LogP contribution >= 0.6 is 23.7 Å². The molecule has 3 aromatic rings. The predicted octanol–water partition coefficient (Wildman–Crippen LogP) is 4.52. The van der Waals surface area contributed by atoms with Gasteiger partial charge >= 0.3 is 0 Å². The number of anilines is 1. The third kappa shape index (κ3) is 6.14. The summed E-state index contributed by atoms with van der Waals surface area (Å²) in [5, 5.41) is 0.653. The molecule has 0 saturated heterocycles. The molecule has 0 unspecified atom stereocenters. The fourth-order valence-corrected chi connectivity index (χ4v) is 5.45. The van der Waals surface area contributed by atoms with Gasteiger partial charge in [0.2, 0.25) is 10.0 Å². The van der Waals surface area contributed by atoms with Gasteiger partial charge < -0.3 is 4.90 Å². The molecule has 0 saturated carbocycles. The number of carbonyl (C=O) groups is 1. The quantitative estimate of drug-likeness (QED) is 0.390. The number of nitrogens with zero attached hydrogens (tertiary/aromatic N) is 4. The Bertz CT molecular complexity index is 1210. The molecule has 2 aromatic carbocycles. The number of hydrogen-bond donors (Lipinski definition) is 0. The number of aromatic nitrogens is 1. The Morgan fingerprint density at radius 2 is 1.62 bits per heavy atom. The first-order valence-electron chi connectivity index (χ1n) is 11.2. The zero-order valence-electron chi connectivity index (χ0n) is 20.3. The van der Waals surface area contributed by atoms with Gasteiger partial charge in [-0.1, -0.05) is 38.2 Å². The van der Waals surface area contributed by atoms with Crippen molar-refractivity contribution in [1.82, 2.24) is 14.2 Å². The molecule has 0 atom stereocenters.